The fourth-order valence-corrected chi connectivity index (χ4v) is 4.33. The fourth-order valence-electron chi connectivity index (χ4n) is 4.33. The van der Waals surface area contributed by atoms with Gasteiger partial charge in [-0.15, -0.1) is 0 Å². The van der Waals surface area contributed by atoms with Gasteiger partial charge in [-0.2, -0.15) is 0 Å². The quantitative estimate of drug-likeness (QED) is 0.534. The molecule has 2 aromatic heterocycles. The van der Waals surface area contributed by atoms with Gasteiger partial charge in [-0.05, 0) is 61.9 Å². The number of hydrogen-bond acceptors (Lipinski definition) is 2. The first-order valence-electron chi connectivity index (χ1n) is 8.20. The van der Waals surface area contributed by atoms with Crippen molar-refractivity contribution >= 4 is 27.2 Å². The van der Waals surface area contributed by atoms with Crippen molar-refractivity contribution in [2.45, 2.75) is 32.6 Å². The summed E-state index contributed by atoms with van der Waals surface area (Å²) >= 11 is 0. The summed E-state index contributed by atoms with van der Waals surface area (Å²) in [5, 5.41) is 13.6. The van der Waals surface area contributed by atoms with E-state index < -0.39 is 0 Å². The molecule has 0 radical (unpaired) electrons. The number of nitrogens with zero attached hydrogens (tertiary/aromatic N) is 1. The first kappa shape index (κ1) is 12.9. The van der Waals surface area contributed by atoms with Gasteiger partial charge in [0, 0.05) is 21.7 Å². The maximum atomic E-state index is 13.1. The van der Waals surface area contributed by atoms with Crippen LogP contribution in [0.25, 0.3) is 27.2 Å². The zero-order valence-electron chi connectivity index (χ0n) is 13.0. The number of aryl methyl sites for hydroxylation is 2. The molecule has 5 rings (SSSR count). The van der Waals surface area contributed by atoms with Crippen LogP contribution in [-0.2, 0) is 12.8 Å². The van der Waals surface area contributed by atoms with E-state index in [1.54, 1.807) is 10.5 Å². The Bertz CT molecular complexity index is 1150. The van der Waals surface area contributed by atoms with Crippen LogP contribution in [0.15, 0.2) is 35.1 Å². The van der Waals surface area contributed by atoms with Crippen LogP contribution in [0.2, 0.25) is 0 Å². The second-order valence-electron chi connectivity index (χ2n) is 6.69. The highest BCUT2D eigenvalue weighted by Gasteiger charge is 2.23. The topological polar surface area (TPSA) is 41.7 Å². The Morgan fingerprint density at radius 1 is 0.957 bits per heavy atom. The Kier molecular flexibility index (Phi) is 2.39. The van der Waals surface area contributed by atoms with Gasteiger partial charge in [0.1, 0.15) is 5.75 Å². The average molecular weight is 303 g/mol. The van der Waals surface area contributed by atoms with Gasteiger partial charge in [0.05, 0.1) is 11.0 Å². The second-order valence-corrected chi connectivity index (χ2v) is 6.69. The van der Waals surface area contributed by atoms with Crippen molar-refractivity contribution in [3.8, 4) is 5.75 Å². The lowest BCUT2D eigenvalue weighted by Gasteiger charge is -2.18. The van der Waals surface area contributed by atoms with E-state index in [4.69, 9.17) is 0 Å². The standard InChI is InChI=1S/C20H17NO2/c1-11-9-15-12-5-2-3-6-14(12)20(23)21-18(15)16(10-11)13-7-4-8-17(22)19(13)21/h4,7-10,22H,2-3,5-6H2,1H3. The van der Waals surface area contributed by atoms with E-state index in [2.05, 4.69) is 19.1 Å². The maximum Gasteiger partial charge on any atom is 0.259 e. The van der Waals surface area contributed by atoms with Crippen molar-refractivity contribution < 1.29 is 5.11 Å². The molecule has 1 aliphatic carbocycles. The van der Waals surface area contributed by atoms with Crippen LogP contribution in [0, 0.1) is 6.92 Å². The molecule has 0 bridgehead atoms. The summed E-state index contributed by atoms with van der Waals surface area (Å²) in [4.78, 5) is 13.1. The van der Waals surface area contributed by atoms with Crippen molar-refractivity contribution in [3.63, 3.8) is 0 Å². The molecule has 1 aliphatic rings. The van der Waals surface area contributed by atoms with Gasteiger partial charge in [-0.1, -0.05) is 12.1 Å². The van der Waals surface area contributed by atoms with E-state index >= 15 is 0 Å². The second kappa shape index (κ2) is 4.25. The molecule has 2 aromatic carbocycles. The molecule has 2 heterocycles. The van der Waals surface area contributed by atoms with Crippen LogP contribution in [0.5, 0.6) is 5.75 Å². The number of phenolic OH excluding ortho intramolecular Hbond substituents is 1. The van der Waals surface area contributed by atoms with E-state index in [9.17, 15) is 9.90 Å². The van der Waals surface area contributed by atoms with Crippen molar-refractivity contribution in [2.24, 2.45) is 0 Å². The van der Waals surface area contributed by atoms with Gasteiger partial charge in [0.25, 0.3) is 5.56 Å². The van der Waals surface area contributed by atoms with Gasteiger partial charge in [0.15, 0.2) is 0 Å². The molecule has 23 heavy (non-hydrogen) atoms. The molecule has 0 fully saturated rings. The summed E-state index contributed by atoms with van der Waals surface area (Å²) in [6, 6.07) is 9.82. The largest absolute Gasteiger partial charge is 0.506 e. The van der Waals surface area contributed by atoms with Crippen molar-refractivity contribution in [1.29, 1.82) is 0 Å². The molecule has 4 aromatic rings. The third-order valence-electron chi connectivity index (χ3n) is 5.26. The van der Waals surface area contributed by atoms with Crippen LogP contribution in [0.4, 0.5) is 0 Å². The molecule has 0 unspecified atom stereocenters. The molecule has 114 valence electrons. The van der Waals surface area contributed by atoms with E-state index in [0.29, 0.717) is 5.52 Å². The number of pyridine rings is 1. The van der Waals surface area contributed by atoms with Crippen LogP contribution in [0.1, 0.15) is 29.5 Å². The minimum Gasteiger partial charge on any atom is -0.506 e. The highest BCUT2D eigenvalue weighted by atomic mass is 16.3. The number of aromatic hydroxyl groups is 1. The van der Waals surface area contributed by atoms with E-state index in [0.717, 1.165) is 47.5 Å². The zero-order chi connectivity index (χ0) is 15.7. The van der Waals surface area contributed by atoms with Crippen molar-refractivity contribution in [3.05, 3.63) is 57.4 Å². The molecule has 3 heteroatoms. The number of fused-ring (bicyclic) bond motifs is 5. The van der Waals surface area contributed by atoms with E-state index in [1.165, 1.54) is 16.5 Å². The fraction of sp³-hybridized carbons (Fsp3) is 0.250. The van der Waals surface area contributed by atoms with Crippen molar-refractivity contribution in [1.82, 2.24) is 4.40 Å². The van der Waals surface area contributed by atoms with Crippen LogP contribution < -0.4 is 5.56 Å². The first-order valence-corrected chi connectivity index (χ1v) is 8.20. The van der Waals surface area contributed by atoms with E-state index in [-0.39, 0.29) is 11.3 Å². The zero-order valence-corrected chi connectivity index (χ0v) is 13.0. The van der Waals surface area contributed by atoms with Crippen molar-refractivity contribution in [2.75, 3.05) is 0 Å². The predicted octanol–water partition coefficient (Wildman–Crippen LogP) is 3.94. The Hall–Kier alpha value is -2.55. The summed E-state index contributed by atoms with van der Waals surface area (Å²) in [6.07, 6.45) is 4.04. The normalized spacial score (nSPS) is 14.8. The van der Waals surface area contributed by atoms with Gasteiger partial charge < -0.3 is 5.11 Å². The third kappa shape index (κ3) is 1.52. The van der Waals surface area contributed by atoms with E-state index in [1.807, 2.05) is 12.1 Å². The Balaban J connectivity index is 2.21. The molecule has 0 saturated carbocycles. The number of para-hydroxylation sites is 1. The molecule has 0 spiro atoms. The molecule has 3 nitrogen and oxygen atoms in total. The van der Waals surface area contributed by atoms with Crippen LogP contribution in [-0.4, -0.2) is 9.51 Å². The summed E-state index contributed by atoms with van der Waals surface area (Å²) < 4.78 is 1.75. The highest BCUT2D eigenvalue weighted by Crippen LogP contribution is 2.38. The number of benzene rings is 2. The number of aromatic nitrogens is 1. The third-order valence-corrected chi connectivity index (χ3v) is 5.26. The number of rotatable bonds is 0. The molecular weight excluding hydrogens is 286 g/mol. The molecule has 1 N–H and O–H groups in total. The lowest BCUT2D eigenvalue weighted by molar-refractivity contribution is 0.480. The Labute approximate surface area is 133 Å². The number of phenols is 1. The summed E-state index contributed by atoms with van der Waals surface area (Å²) in [5.74, 6) is 0.176. The predicted molar refractivity (Wildman–Crippen MR) is 92.9 cm³/mol. The minimum atomic E-state index is 0.0533. The van der Waals surface area contributed by atoms with Gasteiger partial charge in [-0.25, -0.2) is 0 Å². The summed E-state index contributed by atoms with van der Waals surface area (Å²) in [7, 11) is 0. The molecule has 0 saturated heterocycles. The lowest BCUT2D eigenvalue weighted by atomic mass is 9.89. The molecule has 0 aliphatic heterocycles. The van der Waals surface area contributed by atoms with Gasteiger partial charge in [0.2, 0.25) is 0 Å². The summed E-state index contributed by atoms with van der Waals surface area (Å²) in [6.45, 7) is 2.10. The van der Waals surface area contributed by atoms with Gasteiger partial charge in [-0.3, -0.25) is 9.20 Å². The highest BCUT2D eigenvalue weighted by molar-refractivity contribution is 6.16. The molecule has 0 atom stereocenters. The van der Waals surface area contributed by atoms with Crippen LogP contribution >= 0.6 is 0 Å². The Morgan fingerprint density at radius 2 is 1.70 bits per heavy atom. The smallest absolute Gasteiger partial charge is 0.259 e. The van der Waals surface area contributed by atoms with Crippen LogP contribution in [0.3, 0.4) is 0 Å². The Morgan fingerprint density at radius 3 is 2.52 bits per heavy atom. The lowest BCUT2D eigenvalue weighted by Crippen LogP contribution is -2.23. The average Bonchev–Trinajstić information content (AvgIpc) is 2.89. The SMILES string of the molecule is Cc1cc2c3c(c(=O)n4c5c(O)cccc5c(c1)c24)CCCC3. The molecular formula is C20H17NO2. The monoisotopic (exact) mass is 303 g/mol. The molecule has 0 amide bonds. The van der Waals surface area contributed by atoms with Gasteiger partial charge >= 0.3 is 0 Å². The minimum absolute atomic E-state index is 0.0533. The summed E-state index contributed by atoms with van der Waals surface area (Å²) in [5.41, 5.74) is 5.04. The number of hydrogen-bond donors (Lipinski definition) is 1. The maximum absolute atomic E-state index is 13.1. The first-order chi connectivity index (χ1) is 11.2.